The minimum absolute atomic E-state index is 0.246. The van der Waals surface area contributed by atoms with Crippen LogP contribution in [-0.4, -0.2) is 41.3 Å². The Balaban J connectivity index is 1.70. The van der Waals surface area contributed by atoms with Crippen LogP contribution in [0.5, 0.6) is 17.4 Å². The van der Waals surface area contributed by atoms with Crippen molar-refractivity contribution >= 4 is 6.09 Å². The van der Waals surface area contributed by atoms with E-state index in [1.807, 2.05) is 58.0 Å². The summed E-state index contributed by atoms with van der Waals surface area (Å²) < 4.78 is 17.3. The number of likely N-dealkylation sites (tertiary alicyclic amines) is 1. The van der Waals surface area contributed by atoms with Gasteiger partial charge in [0, 0.05) is 24.8 Å². The van der Waals surface area contributed by atoms with Crippen LogP contribution in [0.3, 0.4) is 0 Å². The number of piperidine rings is 1. The molecule has 3 rings (SSSR count). The number of nitrogens with zero attached hydrogens (tertiary/aromatic N) is 2. The molecule has 1 aliphatic rings. The molecule has 1 aromatic carbocycles. The van der Waals surface area contributed by atoms with Gasteiger partial charge in [-0.25, -0.2) is 9.78 Å². The van der Waals surface area contributed by atoms with E-state index in [0.717, 1.165) is 18.4 Å². The molecule has 0 spiro atoms. The van der Waals surface area contributed by atoms with Gasteiger partial charge in [-0.2, -0.15) is 0 Å². The maximum absolute atomic E-state index is 12.3. The van der Waals surface area contributed by atoms with Crippen LogP contribution >= 0.6 is 0 Å². The van der Waals surface area contributed by atoms with Crippen LogP contribution in [0.15, 0.2) is 42.6 Å². The lowest BCUT2D eigenvalue weighted by Gasteiger charge is -2.33. The van der Waals surface area contributed by atoms with Gasteiger partial charge in [-0.05, 0) is 64.7 Å². The van der Waals surface area contributed by atoms with Crippen molar-refractivity contribution in [2.45, 2.75) is 52.1 Å². The Bertz CT molecular complexity index is 824. The molecule has 6 nitrogen and oxygen atoms in total. The number of carbonyl (C=O) groups excluding carboxylic acids is 1. The molecule has 1 aliphatic heterocycles. The smallest absolute Gasteiger partial charge is 0.410 e. The van der Waals surface area contributed by atoms with Gasteiger partial charge in [0.05, 0.1) is 6.61 Å². The first kappa shape index (κ1) is 21.0. The summed E-state index contributed by atoms with van der Waals surface area (Å²) in [5, 5.41) is 0. The van der Waals surface area contributed by atoms with Gasteiger partial charge in [-0.1, -0.05) is 18.2 Å². The molecule has 1 aromatic heterocycles. The van der Waals surface area contributed by atoms with Crippen molar-refractivity contribution in [1.82, 2.24) is 9.88 Å². The second kappa shape index (κ2) is 9.16. The third kappa shape index (κ3) is 5.62. The molecular weight excluding hydrogens is 368 g/mol. The van der Waals surface area contributed by atoms with E-state index in [4.69, 9.17) is 14.2 Å². The molecular formula is C23H30N2O4. The van der Waals surface area contributed by atoms with Crippen molar-refractivity contribution < 1.29 is 19.0 Å². The predicted molar refractivity (Wildman–Crippen MR) is 112 cm³/mol. The normalized spacial score (nSPS) is 15.1. The van der Waals surface area contributed by atoms with Gasteiger partial charge < -0.3 is 19.1 Å². The summed E-state index contributed by atoms with van der Waals surface area (Å²) in [6.07, 6.45) is 3.17. The van der Waals surface area contributed by atoms with E-state index in [9.17, 15) is 4.79 Å². The molecule has 29 heavy (non-hydrogen) atoms. The summed E-state index contributed by atoms with van der Waals surface area (Å²) in [7, 11) is 0. The average Bonchev–Trinajstić information content (AvgIpc) is 2.69. The zero-order valence-corrected chi connectivity index (χ0v) is 17.7. The number of aromatic nitrogens is 1. The zero-order valence-electron chi connectivity index (χ0n) is 17.7. The molecule has 1 fully saturated rings. The molecule has 0 N–H and O–H groups in total. The highest BCUT2D eigenvalue weighted by Crippen LogP contribution is 2.37. The average molecular weight is 399 g/mol. The zero-order chi connectivity index (χ0) is 20.9. The predicted octanol–water partition coefficient (Wildman–Crippen LogP) is 5.39. The maximum atomic E-state index is 12.3. The molecule has 0 aliphatic carbocycles. The van der Waals surface area contributed by atoms with Gasteiger partial charge in [-0.15, -0.1) is 0 Å². The topological polar surface area (TPSA) is 60.9 Å². The lowest BCUT2D eigenvalue weighted by Crippen LogP contribution is -2.41. The quantitative estimate of drug-likeness (QED) is 0.676. The molecule has 0 saturated carbocycles. The molecule has 0 radical (unpaired) electrons. The van der Waals surface area contributed by atoms with Crippen molar-refractivity contribution in [3.05, 3.63) is 48.2 Å². The van der Waals surface area contributed by atoms with Gasteiger partial charge in [0.1, 0.15) is 5.60 Å². The van der Waals surface area contributed by atoms with Gasteiger partial charge >= 0.3 is 6.09 Å². The van der Waals surface area contributed by atoms with E-state index in [1.54, 1.807) is 11.1 Å². The van der Waals surface area contributed by atoms with Crippen molar-refractivity contribution in [3.63, 3.8) is 0 Å². The van der Waals surface area contributed by atoms with Crippen LogP contribution in [-0.2, 0) is 4.74 Å². The highest BCUT2D eigenvalue weighted by Gasteiger charge is 2.29. The van der Waals surface area contributed by atoms with Crippen LogP contribution < -0.4 is 9.47 Å². The fourth-order valence-corrected chi connectivity index (χ4v) is 3.41. The number of amides is 1. The Morgan fingerprint density at radius 2 is 1.79 bits per heavy atom. The first-order chi connectivity index (χ1) is 13.9. The van der Waals surface area contributed by atoms with Crippen molar-refractivity contribution in [3.8, 4) is 17.4 Å². The number of hydrogen-bond acceptors (Lipinski definition) is 5. The van der Waals surface area contributed by atoms with Gasteiger partial charge in [0.2, 0.25) is 5.88 Å². The second-order valence-corrected chi connectivity index (χ2v) is 8.12. The van der Waals surface area contributed by atoms with E-state index >= 15 is 0 Å². The standard InChI is InChI=1S/C23H30N2O4/c1-5-27-19-10-6-7-11-20(19)28-21-18(9-8-14-24-21)17-12-15-25(16-13-17)22(26)29-23(2,3)4/h6-11,14,17H,5,12-13,15-16H2,1-4H3. The van der Waals surface area contributed by atoms with E-state index in [0.29, 0.717) is 37.1 Å². The first-order valence-corrected chi connectivity index (χ1v) is 10.2. The minimum atomic E-state index is -0.480. The summed E-state index contributed by atoms with van der Waals surface area (Å²) >= 11 is 0. The summed E-state index contributed by atoms with van der Waals surface area (Å²) in [5.74, 6) is 2.22. The summed E-state index contributed by atoms with van der Waals surface area (Å²) in [6.45, 7) is 9.48. The van der Waals surface area contributed by atoms with E-state index < -0.39 is 5.60 Å². The molecule has 0 atom stereocenters. The molecule has 6 heteroatoms. The number of hydrogen-bond donors (Lipinski definition) is 0. The first-order valence-electron chi connectivity index (χ1n) is 10.2. The van der Waals surface area contributed by atoms with Crippen LogP contribution in [0, 0.1) is 0 Å². The largest absolute Gasteiger partial charge is 0.490 e. The summed E-state index contributed by atoms with van der Waals surface area (Å²) in [4.78, 5) is 18.6. The Morgan fingerprint density at radius 3 is 2.45 bits per heavy atom. The lowest BCUT2D eigenvalue weighted by atomic mass is 9.90. The molecule has 156 valence electrons. The van der Waals surface area contributed by atoms with Crippen LogP contribution in [0.2, 0.25) is 0 Å². The van der Waals surface area contributed by atoms with Crippen molar-refractivity contribution in [2.75, 3.05) is 19.7 Å². The number of para-hydroxylation sites is 2. The van der Waals surface area contributed by atoms with Crippen molar-refractivity contribution in [1.29, 1.82) is 0 Å². The third-order valence-electron chi connectivity index (χ3n) is 4.74. The van der Waals surface area contributed by atoms with E-state index in [2.05, 4.69) is 11.1 Å². The van der Waals surface area contributed by atoms with Crippen LogP contribution in [0.25, 0.3) is 0 Å². The highest BCUT2D eigenvalue weighted by atomic mass is 16.6. The Labute approximate surface area is 172 Å². The molecule has 2 aromatic rings. The Kier molecular flexibility index (Phi) is 6.62. The van der Waals surface area contributed by atoms with Gasteiger partial charge in [0.25, 0.3) is 0 Å². The molecule has 1 amide bonds. The molecule has 2 heterocycles. The molecule has 0 unspecified atom stereocenters. The monoisotopic (exact) mass is 398 g/mol. The maximum Gasteiger partial charge on any atom is 0.410 e. The van der Waals surface area contributed by atoms with Crippen LogP contribution in [0.1, 0.15) is 52.0 Å². The van der Waals surface area contributed by atoms with E-state index in [1.165, 1.54) is 0 Å². The number of benzene rings is 1. The second-order valence-electron chi connectivity index (χ2n) is 8.12. The summed E-state index contributed by atoms with van der Waals surface area (Å²) in [6, 6.07) is 11.6. The minimum Gasteiger partial charge on any atom is -0.490 e. The fraction of sp³-hybridized carbons (Fsp3) is 0.478. The molecule has 1 saturated heterocycles. The van der Waals surface area contributed by atoms with Gasteiger partial charge in [0.15, 0.2) is 11.5 Å². The third-order valence-corrected chi connectivity index (χ3v) is 4.74. The van der Waals surface area contributed by atoms with E-state index in [-0.39, 0.29) is 12.0 Å². The molecule has 0 bridgehead atoms. The fourth-order valence-electron chi connectivity index (χ4n) is 3.41. The van der Waals surface area contributed by atoms with Crippen molar-refractivity contribution in [2.24, 2.45) is 0 Å². The number of carbonyl (C=O) groups is 1. The number of pyridine rings is 1. The number of ether oxygens (including phenoxy) is 3. The Morgan fingerprint density at radius 1 is 1.10 bits per heavy atom. The highest BCUT2D eigenvalue weighted by molar-refractivity contribution is 5.68. The van der Waals surface area contributed by atoms with Crippen LogP contribution in [0.4, 0.5) is 4.79 Å². The lowest BCUT2D eigenvalue weighted by molar-refractivity contribution is 0.0204. The Hall–Kier alpha value is -2.76. The van der Waals surface area contributed by atoms with Gasteiger partial charge in [-0.3, -0.25) is 0 Å². The SMILES string of the molecule is CCOc1ccccc1Oc1ncccc1C1CCN(C(=O)OC(C)(C)C)CC1. The number of rotatable bonds is 5. The summed E-state index contributed by atoms with van der Waals surface area (Å²) in [5.41, 5.74) is 0.578.